The maximum atomic E-state index is 5.92. The first kappa shape index (κ1) is 10.7. The number of halogens is 1. The van der Waals surface area contributed by atoms with Gasteiger partial charge in [-0.15, -0.1) is 0 Å². The van der Waals surface area contributed by atoms with E-state index in [9.17, 15) is 0 Å². The standard InChI is InChI=1S/C13H18ClNO/c14-12-6-5-11(16-12)13(7-1-2-8-13)10-4-3-9-15-10/h5-6,10,15H,1-4,7-9H2. The minimum Gasteiger partial charge on any atom is -0.449 e. The lowest BCUT2D eigenvalue weighted by Crippen LogP contribution is -2.43. The van der Waals surface area contributed by atoms with Crippen LogP contribution >= 0.6 is 11.6 Å². The normalized spacial score (nSPS) is 28.7. The number of furan rings is 1. The van der Waals surface area contributed by atoms with E-state index in [4.69, 9.17) is 16.0 Å². The quantitative estimate of drug-likeness (QED) is 0.855. The van der Waals surface area contributed by atoms with Crippen LogP contribution in [-0.2, 0) is 5.41 Å². The van der Waals surface area contributed by atoms with E-state index >= 15 is 0 Å². The van der Waals surface area contributed by atoms with Gasteiger partial charge in [-0.1, -0.05) is 12.8 Å². The lowest BCUT2D eigenvalue weighted by atomic mass is 9.75. The molecular weight excluding hydrogens is 222 g/mol. The molecule has 2 heterocycles. The van der Waals surface area contributed by atoms with Crippen molar-refractivity contribution >= 4 is 11.6 Å². The van der Waals surface area contributed by atoms with Crippen LogP contribution in [0.3, 0.4) is 0 Å². The molecule has 1 saturated carbocycles. The Bertz CT molecular complexity index is 362. The molecule has 1 aliphatic carbocycles. The van der Waals surface area contributed by atoms with E-state index in [1.165, 1.54) is 38.5 Å². The van der Waals surface area contributed by atoms with Crippen LogP contribution in [-0.4, -0.2) is 12.6 Å². The molecule has 1 aromatic rings. The van der Waals surface area contributed by atoms with E-state index in [1.807, 2.05) is 6.07 Å². The third kappa shape index (κ3) is 1.59. The molecule has 1 aliphatic heterocycles. The number of rotatable bonds is 2. The molecule has 1 aromatic heterocycles. The second-order valence-corrected chi connectivity index (χ2v) is 5.49. The van der Waals surface area contributed by atoms with Crippen LogP contribution < -0.4 is 5.32 Å². The highest BCUT2D eigenvalue weighted by atomic mass is 35.5. The first-order valence-electron chi connectivity index (χ1n) is 6.30. The van der Waals surface area contributed by atoms with Gasteiger partial charge in [0.15, 0.2) is 5.22 Å². The van der Waals surface area contributed by atoms with Gasteiger partial charge in [0.05, 0.1) is 0 Å². The second kappa shape index (κ2) is 4.08. The molecule has 3 rings (SSSR count). The first-order valence-corrected chi connectivity index (χ1v) is 6.68. The van der Waals surface area contributed by atoms with Gasteiger partial charge in [0.2, 0.25) is 0 Å². The van der Waals surface area contributed by atoms with Gasteiger partial charge in [-0.05, 0) is 56.0 Å². The van der Waals surface area contributed by atoms with Crippen molar-refractivity contribution in [1.82, 2.24) is 5.32 Å². The molecule has 2 nitrogen and oxygen atoms in total. The molecule has 1 N–H and O–H groups in total. The van der Waals surface area contributed by atoms with Gasteiger partial charge < -0.3 is 9.73 Å². The van der Waals surface area contributed by atoms with Gasteiger partial charge in [0, 0.05) is 11.5 Å². The highest BCUT2D eigenvalue weighted by Gasteiger charge is 2.45. The highest BCUT2D eigenvalue weighted by molar-refractivity contribution is 6.28. The van der Waals surface area contributed by atoms with Crippen LogP contribution in [0, 0.1) is 0 Å². The Morgan fingerprint density at radius 2 is 2.06 bits per heavy atom. The summed E-state index contributed by atoms with van der Waals surface area (Å²) in [6.07, 6.45) is 7.69. The predicted molar refractivity (Wildman–Crippen MR) is 64.9 cm³/mol. The molecule has 16 heavy (non-hydrogen) atoms. The maximum absolute atomic E-state index is 5.92. The van der Waals surface area contributed by atoms with Gasteiger partial charge in [0.25, 0.3) is 0 Å². The molecule has 2 fully saturated rings. The summed E-state index contributed by atoms with van der Waals surface area (Å²) in [5.41, 5.74) is 0.226. The molecule has 1 saturated heterocycles. The summed E-state index contributed by atoms with van der Waals surface area (Å²) in [7, 11) is 0. The maximum Gasteiger partial charge on any atom is 0.193 e. The van der Waals surface area contributed by atoms with Crippen molar-refractivity contribution in [3.63, 3.8) is 0 Å². The van der Waals surface area contributed by atoms with Crippen molar-refractivity contribution in [3.8, 4) is 0 Å². The number of hydrogen-bond donors (Lipinski definition) is 1. The SMILES string of the molecule is Clc1ccc(C2(C3CCCN3)CCCC2)o1. The van der Waals surface area contributed by atoms with Crippen LogP contribution in [0.2, 0.25) is 5.22 Å². The molecule has 1 atom stereocenters. The zero-order chi connectivity index (χ0) is 11.0. The van der Waals surface area contributed by atoms with Crippen molar-refractivity contribution in [1.29, 1.82) is 0 Å². The predicted octanol–water partition coefficient (Wildman–Crippen LogP) is 3.50. The zero-order valence-electron chi connectivity index (χ0n) is 9.47. The topological polar surface area (TPSA) is 25.2 Å². The Hall–Kier alpha value is -0.470. The van der Waals surface area contributed by atoms with Crippen LogP contribution in [0.1, 0.15) is 44.3 Å². The van der Waals surface area contributed by atoms with Gasteiger partial charge in [-0.25, -0.2) is 0 Å². The summed E-state index contributed by atoms with van der Waals surface area (Å²) in [4.78, 5) is 0. The summed E-state index contributed by atoms with van der Waals surface area (Å²) < 4.78 is 5.71. The fourth-order valence-electron chi connectivity index (χ4n) is 3.51. The Kier molecular flexibility index (Phi) is 2.72. The van der Waals surface area contributed by atoms with Crippen molar-refractivity contribution in [3.05, 3.63) is 23.1 Å². The molecule has 2 aliphatic rings. The van der Waals surface area contributed by atoms with E-state index in [-0.39, 0.29) is 5.41 Å². The average molecular weight is 240 g/mol. The number of hydrogen-bond acceptors (Lipinski definition) is 2. The fourth-order valence-corrected chi connectivity index (χ4v) is 3.66. The molecule has 0 amide bonds. The summed E-state index contributed by atoms with van der Waals surface area (Å²) in [6, 6.07) is 4.55. The second-order valence-electron chi connectivity index (χ2n) is 5.12. The van der Waals surface area contributed by atoms with E-state index in [1.54, 1.807) is 0 Å². The van der Waals surface area contributed by atoms with E-state index < -0.39 is 0 Å². The van der Waals surface area contributed by atoms with E-state index in [2.05, 4.69) is 11.4 Å². The Labute approximate surface area is 101 Å². The van der Waals surface area contributed by atoms with Gasteiger partial charge >= 0.3 is 0 Å². The Morgan fingerprint density at radius 1 is 1.25 bits per heavy atom. The smallest absolute Gasteiger partial charge is 0.193 e. The summed E-state index contributed by atoms with van der Waals surface area (Å²) in [6.45, 7) is 1.15. The average Bonchev–Trinajstić information content (AvgIpc) is 2.98. The monoisotopic (exact) mass is 239 g/mol. The van der Waals surface area contributed by atoms with E-state index in [0.29, 0.717) is 11.3 Å². The molecule has 3 heteroatoms. The molecule has 1 unspecified atom stereocenters. The van der Waals surface area contributed by atoms with Gasteiger partial charge in [-0.3, -0.25) is 0 Å². The minimum absolute atomic E-state index is 0.226. The van der Waals surface area contributed by atoms with Crippen molar-refractivity contribution in [2.75, 3.05) is 6.54 Å². The molecule has 88 valence electrons. The van der Waals surface area contributed by atoms with Crippen molar-refractivity contribution in [2.24, 2.45) is 0 Å². The molecule has 0 bridgehead atoms. The van der Waals surface area contributed by atoms with Gasteiger partial charge in [-0.2, -0.15) is 0 Å². The third-order valence-corrected chi connectivity index (χ3v) is 4.49. The molecular formula is C13H18ClNO. The highest BCUT2D eigenvalue weighted by Crippen LogP contribution is 2.46. The van der Waals surface area contributed by atoms with Gasteiger partial charge in [0.1, 0.15) is 5.76 Å². The largest absolute Gasteiger partial charge is 0.449 e. The van der Waals surface area contributed by atoms with Crippen LogP contribution in [0.4, 0.5) is 0 Å². The summed E-state index contributed by atoms with van der Waals surface area (Å²) in [5, 5.41) is 4.17. The lowest BCUT2D eigenvalue weighted by molar-refractivity contribution is 0.266. The number of nitrogens with one attached hydrogen (secondary N) is 1. The molecule has 0 radical (unpaired) electrons. The van der Waals surface area contributed by atoms with E-state index in [0.717, 1.165) is 12.3 Å². The first-order chi connectivity index (χ1) is 7.81. The lowest BCUT2D eigenvalue weighted by Gasteiger charge is -2.33. The zero-order valence-corrected chi connectivity index (χ0v) is 10.2. The van der Waals surface area contributed by atoms with Crippen molar-refractivity contribution in [2.45, 2.75) is 50.0 Å². The summed E-state index contributed by atoms with van der Waals surface area (Å²) in [5.74, 6) is 1.11. The summed E-state index contributed by atoms with van der Waals surface area (Å²) >= 11 is 5.92. The molecule has 0 aromatic carbocycles. The Balaban J connectivity index is 1.95. The van der Waals surface area contributed by atoms with Crippen LogP contribution in [0.25, 0.3) is 0 Å². The minimum atomic E-state index is 0.226. The Morgan fingerprint density at radius 3 is 2.62 bits per heavy atom. The third-order valence-electron chi connectivity index (χ3n) is 4.29. The van der Waals surface area contributed by atoms with Crippen LogP contribution in [0.15, 0.2) is 16.5 Å². The molecule has 0 spiro atoms. The fraction of sp³-hybridized carbons (Fsp3) is 0.692. The van der Waals surface area contributed by atoms with Crippen molar-refractivity contribution < 1.29 is 4.42 Å². The van der Waals surface area contributed by atoms with Crippen LogP contribution in [0.5, 0.6) is 0 Å².